The highest BCUT2D eigenvalue weighted by Gasteiger charge is 2.48. The van der Waals surface area contributed by atoms with Crippen molar-refractivity contribution in [3.63, 3.8) is 0 Å². The lowest BCUT2D eigenvalue weighted by molar-refractivity contribution is 0.0926. The molecule has 0 spiro atoms. The number of furan rings is 1. The average Bonchev–Trinajstić information content (AvgIpc) is 3.65. The van der Waals surface area contributed by atoms with Crippen LogP contribution in [0.1, 0.15) is 44.9 Å². The van der Waals surface area contributed by atoms with Crippen LogP contribution in [0.25, 0.3) is 33.4 Å². The van der Waals surface area contributed by atoms with E-state index in [1.807, 2.05) is 6.92 Å². The second-order valence-electron chi connectivity index (χ2n) is 9.83. The summed E-state index contributed by atoms with van der Waals surface area (Å²) >= 11 is 0. The van der Waals surface area contributed by atoms with E-state index in [1.165, 1.54) is 31.3 Å². The van der Waals surface area contributed by atoms with E-state index >= 15 is 4.39 Å². The summed E-state index contributed by atoms with van der Waals surface area (Å²) in [5.41, 5.74) is 1.81. The first kappa shape index (κ1) is 25.4. The molecule has 200 valence electrons. The van der Waals surface area contributed by atoms with E-state index in [-0.39, 0.29) is 33.8 Å². The Labute approximate surface area is 228 Å². The number of hydrogen-bond acceptors (Lipinski definition) is 5. The lowest BCUT2D eigenvalue weighted by Crippen LogP contribution is -2.36. The Morgan fingerprint density at radius 1 is 0.925 bits per heavy atom. The van der Waals surface area contributed by atoms with Gasteiger partial charge in [0.15, 0.2) is 5.82 Å². The summed E-state index contributed by atoms with van der Waals surface area (Å²) < 4.78 is 35.8. The number of nitrogens with zero attached hydrogens (tertiary/aromatic N) is 2. The largest absolute Gasteiger partial charge is 0.455 e. The summed E-state index contributed by atoms with van der Waals surface area (Å²) in [6.45, 7) is 1.82. The maximum absolute atomic E-state index is 16.3. The second-order valence-corrected chi connectivity index (χ2v) is 9.83. The first-order valence-corrected chi connectivity index (χ1v) is 12.8. The fraction of sp³-hybridized carbons (Fsp3) is 0.161. The van der Waals surface area contributed by atoms with Crippen LogP contribution in [0.15, 0.2) is 77.5 Å². The van der Waals surface area contributed by atoms with Crippen molar-refractivity contribution in [3.8, 4) is 22.5 Å². The SMILES string of the molecule is CNC(=O)c1c(-c2ccc(F)cc2)oc2ccc(-c3cc(C(=O)NC4(c5ncccn5)CC4)ccc3C)c(F)c12. The van der Waals surface area contributed by atoms with Gasteiger partial charge in [-0.25, -0.2) is 18.7 Å². The smallest absolute Gasteiger partial charge is 0.255 e. The van der Waals surface area contributed by atoms with Gasteiger partial charge in [0.25, 0.3) is 11.8 Å². The zero-order valence-electron chi connectivity index (χ0n) is 21.7. The van der Waals surface area contributed by atoms with Gasteiger partial charge in [0.05, 0.1) is 10.9 Å². The summed E-state index contributed by atoms with van der Waals surface area (Å²) in [5.74, 6) is -1.28. The molecule has 6 rings (SSSR count). The third-order valence-electron chi connectivity index (χ3n) is 7.24. The summed E-state index contributed by atoms with van der Waals surface area (Å²) in [4.78, 5) is 34.8. The van der Waals surface area contributed by atoms with Crippen LogP contribution in [-0.2, 0) is 5.54 Å². The monoisotopic (exact) mass is 538 g/mol. The molecule has 2 amide bonds. The Morgan fingerprint density at radius 2 is 1.65 bits per heavy atom. The van der Waals surface area contributed by atoms with Crippen LogP contribution >= 0.6 is 0 Å². The van der Waals surface area contributed by atoms with Crippen LogP contribution in [0.4, 0.5) is 8.78 Å². The van der Waals surface area contributed by atoms with Gasteiger partial charge < -0.3 is 15.1 Å². The highest BCUT2D eigenvalue weighted by molar-refractivity contribution is 6.12. The van der Waals surface area contributed by atoms with Crippen molar-refractivity contribution in [3.05, 3.63) is 107 Å². The number of halogens is 2. The molecule has 7 nitrogen and oxygen atoms in total. The van der Waals surface area contributed by atoms with E-state index in [0.717, 1.165) is 18.4 Å². The quantitative estimate of drug-likeness (QED) is 0.280. The topological polar surface area (TPSA) is 97.1 Å². The molecule has 5 aromatic rings. The lowest BCUT2D eigenvalue weighted by Gasteiger charge is -2.17. The summed E-state index contributed by atoms with van der Waals surface area (Å²) in [5, 5.41) is 5.59. The van der Waals surface area contributed by atoms with Crippen LogP contribution in [0.3, 0.4) is 0 Å². The maximum atomic E-state index is 16.3. The number of carbonyl (C=O) groups is 2. The molecule has 0 atom stereocenters. The van der Waals surface area contributed by atoms with Crippen molar-refractivity contribution < 1.29 is 22.8 Å². The minimum absolute atomic E-state index is 0.00332. The minimum atomic E-state index is -0.662. The van der Waals surface area contributed by atoms with Gasteiger partial charge in [0.1, 0.15) is 28.5 Å². The molecule has 0 radical (unpaired) electrons. The molecular formula is C31H24F2N4O3. The molecule has 2 heterocycles. The molecule has 0 bridgehead atoms. The van der Waals surface area contributed by atoms with Crippen LogP contribution < -0.4 is 10.6 Å². The van der Waals surface area contributed by atoms with E-state index in [4.69, 9.17) is 4.42 Å². The summed E-state index contributed by atoms with van der Waals surface area (Å²) in [7, 11) is 1.44. The van der Waals surface area contributed by atoms with Gasteiger partial charge in [-0.05, 0) is 85.5 Å². The summed E-state index contributed by atoms with van der Waals surface area (Å²) in [6.07, 6.45) is 4.74. The molecule has 1 saturated carbocycles. The minimum Gasteiger partial charge on any atom is -0.455 e. The zero-order valence-corrected chi connectivity index (χ0v) is 21.7. The normalized spacial score (nSPS) is 13.7. The van der Waals surface area contributed by atoms with E-state index in [9.17, 15) is 14.0 Å². The van der Waals surface area contributed by atoms with Gasteiger partial charge >= 0.3 is 0 Å². The van der Waals surface area contributed by atoms with Crippen molar-refractivity contribution in [1.82, 2.24) is 20.6 Å². The van der Waals surface area contributed by atoms with Crippen LogP contribution in [-0.4, -0.2) is 28.8 Å². The van der Waals surface area contributed by atoms with E-state index in [0.29, 0.717) is 22.5 Å². The number of rotatable bonds is 6. The van der Waals surface area contributed by atoms with Crippen molar-refractivity contribution in [2.75, 3.05) is 7.05 Å². The molecule has 1 aliphatic carbocycles. The zero-order chi connectivity index (χ0) is 28.0. The molecule has 2 N–H and O–H groups in total. The number of nitrogens with one attached hydrogen (secondary N) is 2. The number of aromatic nitrogens is 2. The third kappa shape index (κ3) is 4.29. The van der Waals surface area contributed by atoms with Crippen molar-refractivity contribution in [1.29, 1.82) is 0 Å². The molecule has 0 unspecified atom stereocenters. The van der Waals surface area contributed by atoms with Gasteiger partial charge in [-0.3, -0.25) is 9.59 Å². The van der Waals surface area contributed by atoms with Crippen molar-refractivity contribution >= 4 is 22.8 Å². The van der Waals surface area contributed by atoms with Gasteiger partial charge in [0.2, 0.25) is 0 Å². The van der Waals surface area contributed by atoms with Crippen LogP contribution in [0.5, 0.6) is 0 Å². The van der Waals surface area contributed by atoms with Crippen molar-refractivity contribution in [2.24, 2.45) is 0 Å². The number of benzene rings is 3. The highest BCUT2D eigenvalue weighted by Crippen LogP contribution is 2.44. The molecule has 1 aliphatic rings. The van der Waals surface area contributed by atoms with Crippen molar-refractivity contribution in [2.45, 2.75) is 25.3 Å². The molecule has 40 heavy (non-hydrogen) atoms. The number of fused-ring (bicyclic) bond motifs is 1. The number of aryl methyl sites for hydroxylation is 1. The van der Waals surface area contributed by atoms with E-state index in [2.05, 4.69) is 20.6 Å². The first-order chi connectivity index (χ1) is 19.3. The van der Waals surface area contributed by atoms with Gasteiger partial charge in [0, 0.05) is 36.1 Å². The number of hydrogen-bond donors (Lipinski definition) is 2. The second kappa shape index (κ2) is 9.68. The van der Waals surface area contributed by atoms with Gasteiger partial charge in [-0.2, -0.15) is 0 Å². The standard InChI is InChI=1S/C31H24F2N4O3/c1-17-4-5-19(28(38)37-31(12-13-31)30-35-14-3-15-36-30)16-22(17)21-10-11-23-24(26(21)33)25(29(39)34-2)27(40-23)18-6-8-20(32)9-7-18/h3-11,14-16H,12-13H2,1-2H3,(H,34,39)(H,37,38). The average molecular weight is 539 g/mol. The predicted molar refractivity (Wildman–Crippen MR) is 146 cm³/mol. The summed E-state index contributed by atoms with van der Waals surface area (Å²) in [6, 6.07) is 15.4. The Balaban J connectivity index is 1.43. The Kier molecular flexibility index (Phi) is 6.14. The predicted octanol–water partition coefficient (Wildman–Crippen LogP) is 5.92. The third-order valence-corrected chi connectivity index (χ3v) is 7.24. The Hall–Kier alpha value is -4.92. The van der Waals surface area contributed by atoms with E-state index in [1.54, 1.807) is 48.8 Å². The molecular weight excluding hydrogens is 514 g/mol. The number of carbonyl (C=O) groups excluding carboxylic acids is 2. The lowest BCUT2D eigenvalue weighted by atomic mass is 9.94. The fourth-order valence-electron chi connectivity index (χ4n) is 4.92. The van der Waals surface area contributed by atoms with Crippen LogP contribution in [0.2, 0.25) is 0 Å². The van der Waals surface area contributed by atoms with Crippen LogP contribution in [0, 0.1) is 18.6 Å². The highest BCUT2D eigenvalue weighted by atomic mass is 19.1. The van der Waals surface area contributed by atoms with Gasteiger partial charge in [-0.15, -0.1) is 0 Å². The fourth-order valence-corrected chi connectivity index (χ4v) is 4.92. The maximum Gasteiger partial charge on any atom is 0.255 e. The molecule has 3 aromatic carbocycles. The van der Waals surface area contributed by atoms with Gasteiger partial charge in [-0.1, -0.05) is 6.07 Å². The Bertz CT molecular complexity index is 1780. The molecule has 1 fully saturated rings. The first-order valence-electron chi connectivity index (χ1n) is 12.8. The molecule has 0 saturated heterocycles. The van der Waals surface area contributed by atoms with E-state index < -0.39 is 23.1 Å². The molecule has 0 aliphatic heterocycles. The number of amides is 2. The Morgan fingerprint density at radius 3 is 2.33 bits per heavy atom. The molecule has 2 aromatic heterocycles. The molecule has 9 heteroatoms.